The van der Waals surface area contributed by atoms with Gasteiger partial charge in [-0.2, -0.15) is 4.31 Å². The second-order valence-corrected chi connectivity index (χ2v) is 10.1. The molecule has 0 amide bonds. The number of phosphoric ester groups is 2. The van der Waals surface area contributed by atoms with Crippen LogP contribution in [0.3, 0.4) is 0 Å². The van der Waals surface area contributed by atoms with Gasteiger partial charge in [0.1, 0.15) is 36.3 Å². The van der Waals surface area contributed by atoms with E-state index >= 15 is 0 Å². The first kappa shape index (κ1) is 26.0. The Labute approximate surface area is 185 Å². The van der Waals surface area contributed by atoms with Crippen molar-refractivity contribution in [1.29, 1.82) is 0 Å². The van der Waals surface area contributed by atoms with Crippen LogP contribution >= 0.6 is 15.6 Å². The topological polar surface area (TPSA) is 262 Å². The van der Waals surface area contributed by atoms with Gasteiger partial charge < -0.3 is 40.7 Å². The molecule has 0 radical (unpaired) electrons. The van der Waals surface area contributed by atoms with Gasteiger partial charge in [0.05, 0.1) is 25.6 Å². The molecule has 2 unspecified atom stereocenters. The van der Waals surface area contributed by atoms with Gasteiger partial charge in [0, 0.05) is 0 Å². The first-order valence-corrected chi connectivity index (χ1v) is 12.3. The summed E-state index contributed by atoms with van der Waals surface area (Å²) >= 11 is 0. The molecular weight excluding hydrogens is 492 g/mol. The standard InChI is InChI=1S/C14H23N5O12P2/c1-6(20)7(21)2-28-32(24,25)31-33(26,27)29-3-8-10(22)11(23)14(30-8)19-5-18-9-12(15)16-4-17-13(9)19/h4-8,10-11,14,20-23H,2-3H2,1H3,(H,24,25)(H,26,27)(H2,15,16,17)/t6-,7+,8+,10+,11+,14+/m0/s1. The third kappa shape index (κ3) is 6.10. The summed E-state index contributed by atoms with van der Waals surface area (Å²) in [6, 6.07) is 0. The van der Waals surface area contributed by atoms with Crippen LogP contribution in [0.2, 0.25) is 0 Å². The average Bonchev–Trinajstić information content (AvgIpc) is 3.26. The van der Waals surface area contributed by atoms with E-state index in [1.54, 1.807) is 0 Å². The maximum Gasteiger partial charge on any atom is 0.481 e. The molecule has 1 saturated heterocycles. The average molecular weight is 515 g/mol. The van der Waals surface area contributed by atoms with Crippen molar-refractivity contribution in [3.8, 4) is 0 Å². The van der Waals surface area contributed by atoms with Crippen LogP contribution in [-0.2, 0) is 27.2 Å². The van der Waals surface area contributed by atoms with Gasteiger partial charge >= 0.3 is 15.6 Å². The van der Waals surface area contributed by atoms with Gasteiger partial charge in [-0.15, -0.1) is 0 Å². The number of rotatable bonds is 10. The maximum atomic E-state index is 12.0. The van der Waals surface area contributed by atoms with Gasteiger partial charge in [-0.25, -0.2) is 24.1 Å². The van der Waals surface area contributed by atoms with Crippen molar-refractivity contribution in [3.05, 3.63) is 12.7 Å². The molecule has 2 aromatic heterocycles. The number of nitrogens with two attached hydrogens (primary N) is 1. The molecule has 17 nitrogen and oxygen atoms in total. The molecule has 8 atom stereocenters. The van der Waals surface area contributed by atoms with Gasteiger partial charge in [-0.3, -0.25) is 13.6 Å². The zero-order chi connectivity index (χ0) is 24.6. The highest BCUT2D eigenvalue weighted by molar-refractivity contribution is 7.61. The normalized spacial score (nSPS) is 28.9. The summed E-state index contributed by atoms with van der Waals surface area (Å²) in [7, 11) is -10.4. The van der Waals surface area contributed by atoms with Crippen molar-refractivity contribution in [2.75, 3.05) is 18.9 Å². The molecule has 19 heteroatoms. The summed E-state index contributed by atoms with van der Waals surface area (Å²) < 4.78 is 43.6. The number of aromatic nitrogens is 4. The summed E-state index contributed by atoms with van der Waals surface area (Å²) in [5.74, 6) is 0.0710. The van der Waals surface area contributed by atoms with Crippen LogP contribution in [0, 0.1) is 0 Å². The van der Waals surface area contributed by atoms with E-state index in [4.69, 9.17) is 15.6 Å². The van der Waals surface area contributed by atoms with Crippen LogP contribution in [0.4, 0.5) is 5.82 Å². The number of hydrogen-bond acceptors (Lipinski definition) is 14. The smallest absolute Gasteiger partial charge is 0.391 e. The number of nitrogens with zero attached hydrogens (tertiary/aromatic N) is 4. The van der Waals surface area contributed by atoms with E-state index in [1.165, 1.54) is 17.8 Å². The lowest BCUT2D eigenvalue weighted by atomic mass is 10.1. The van der Waals surface area contributed by atoms with E-state index in [9.17, 15) is 34.2 Å². The van der Waals surface area contributed by atoms with Crippen molar-refractivity contribution < 1.29 is 57.4 Å². The van der Waals surface area contributed by atoms with E-state index in [2.05, 4.69) is 28.3 Å². The number of ether oxygens (including phenoxy) is 1. The van der Waals surface area contributed by atoms with Crippen LogP contribution in [0.1, 0.15) is 13.2 Å². The molecule has 186 valence electrons. The highest BCUT2D eigenvalue weighted by Crippen LogP contribution is 2.60. The second kappa shape index (κ2) is 9.95. The van der Waals surface area contributed by atoms with E-state index in [1.807, 2.05) is 0 Å². The molecule has 1 fully saturated rings. The molecule has 33 heavy (non-hydrogen) atoms. The molecule has 3 heterocycles. The molecular formula is C14H23N5O12P2. The fraction of sp³-hybridized carbons (Fsp3) is 0.643. The van der Waals surface area contributed by atoms with Crippen molar-refractivity contribution in [2.24, 2.45) is 0 Å². The first-order chi connectivity index (χ1) is 15.3. The highest BCUT2D eigenvalue weighted by atomic mass is 31.3. The fourth-order valence-corrected chi connectivity index (χ4v) is 4.90. The number of nitrogen functional groups attached to an aromatic ring is 1. The quantitative estimate of drug-likeness (QED) is 0.169. The molecule has 0 spiro atoms. The second-order valence-electron chi connectivity index (χ2n) is 7.05. The Morgan fingerprint density at radius 1 is 1.15 bits per heavy atom. The highest BCUT2D eigenvalue weighted by Gasteiger charge is 2.46. The minimum absolute atomic E-state index is 0.0710. The third-order valence-electron chi connectivity index (χ3n) is 4.57. The number of anilines is 1. The van der Waals surface area contributed by atoms with Crippen LogP contribution in [0.15, 0.2) is 12.7 Å². The summed E-state index contributed by atoms with van der Waals surface area (Å²) in [6.07, 6.45) is -6.23. The predicted molar refractivity (Wildman–Crippen MR) is 106 cm³/mol. The lowest BCUT2D eigenvalue weighted by Crippen LogP contribution is -2.33. The summed E-state index contributed by atoms with van der Waals surface area (Å²) in [6.45, 7) is -0.542. The fourth-order valence-electron chi connectivity index (χ4n) is 2.81. The first-order valence-electron chi connectivity index (χ1n) is 9.28. The minimum atomic E-state index is -5.23. The maximum absolute atomic E-state index is 12.0. The van der Waals surface area contributed by atoms with Gasteiger partial charge in [0.2, 0.25) is 0 Å². The number of aliphatic hydroxyl groups is 4. The molecule has 0 aliphatic carbocycles. The van der Waals surface area contributed by atoms with Gasteiger partial charge in [0.15, 0.2) is 17.7 Å². The molecule has 2 aromatic rings. The molecule has 0 aromatic carbocycles. The minimum Gasteiger partial charge on any atom is -0.391 e. The van der Waals surface area contributed by atoms with Crippen molar-refractivity contribution in [3.63, 3.8) is 0 Å². The number of aliphatic hydroxyl groups excluding tert-OH is 4. The number of phosphoric acid groups is 2. The lowest BCUT2D eigenvalue weighted by molar-refractivity contribution is -0.0506. The number of imidazole rings is 1. The van der Waals surface area contributed by atoms with Crippen LogP contribution < -0.4 is 5.73 Å². The molecule has 1 aliphatic rings. The van der Waals surface area contributed by atoms with Crippen molar-refractivity contribution >= 4 is 32.6 Å². The van der Waals surface area contributed by atoms with E-state index in [-0.39, 0.29) is 17.0 Å². The van der Waals surface area contributed by atoms with Crippen molar-refractivity contribution in [2.45, 2.75) is 43.7 Å². The molecule has 8 N–H and O–H groups in total. The van der Waals surface area contributed by atoms with Crippen molar-refractivity contribution in [1.82, 2.24) is 19.5 Å². The largest absolute Gasteiger partial charge is 0.481 e. The van der Waals surface area contributed by atoms with Crippen LogP contribution in [0.25, 0.3) is 11.2 Å². The van der Waals surface area contributed by atoms with Crippen LogP contribution in [0.5, 0.6) is 0 Å². The Morgan fingerprint density at radius 2 is 1.82 bits per heavy atom. The molecule has 1 aliphatic heterocycles. The Kier molecular flexibility index (Phi) is 7.85. The van der Waals surface area contributed by atoms with E-state index in [0.29, 0.717) is 0 Å². The lowest BCUT2D eigenvalue weighted by Gasteiger charge is -2.20. The molecule has 3 rings (SSSR count). The third-order valence-corrected chi connectivity index (χ3v) is 7.17. The summed E-state index contributed by atoms with van der Waals surface area (Å²) in [5, 5.41) is 39.1. The van der Waals surface area contributed by atoms with Gasteiger partial charge in [-0.05, 0) is 6.92 Å². The Bertz CT molecular complexity index is 1070. The number of fused-ring (bicyclic) bond motifs is 1. The zero-order valence-electron chi connectivity index (χ0n) is 16.9. The Morgan fingerprint density at radius 3 is 2.48 bits per heavy atom. The molecule has 0 bridgehead atoms. The number of hydrogen-bond donors (Lipinski definition) is 7. The van der Waals surface area contributed by atoms with Crippen LogP contribution in [-0.4, -0.2) is 93.5 Å². The zero-order valence-corrected chi connectivity index (χ0v) is 18.7. The SMILES string of the molecule is C[C@H](O)[C@H](O)COP(=O)(O)OP(=O)(O)OC[C@H]1O[C@@H](n2cnc3c(N)ncnc32)[C@H](O)[C@@H]1O. The molecule has 0 saturated carbocycles. The van der Waals surface area contributed by atoms with E-state index < -0.39 is 65.6 Å². The Balaban J connectivity index is 1.62. The monoisotopic (exact) mass is 515 g/mol. The van der Waals surface area contributed by atoms with E-state index in [0.717, 1.165) is 6.33 Å². The summed E-state index contributed by atoms with van der Waals surface area (Å²) in [4.78, 5) is 31.0. The summed E-state index contributed by atoms with van der Waals surface area (Å²) in [5.41, 5.74) is 6.11. The predicted octanol–water partition coefficient (Wildman–Crippen LogP) is -1.98. The van der Waals surface area contributed by atoms with Gasteiger partial charge in [0.25, 0.3) is 0 Å². The van der Waals surface area contributed by atoms with Gasteiger partial charge in [-0.1, -0.05) is 0 Å². The Hall–Kier alpha value is -1.59.